The fourth-order valence-electron chi connectivity index (χ4n) is 1.36. The van der Waals surface area contributed by atoms with Crippen LogP contribution >= 0.6 is 11.8 Å². The number of benzene rings is 1. The van der Waals surface area contributed by atoms with E-state index in [0.717, 1.165) is 11.0 Å². The molecule has 2 N–H and O–H groups in total. The molecule has 0 bridgehead atoms. The molecule has 0 saturated carbocycles. The largest absolute Gasteiger partial charge is 0.416 e. The number of alkyl halides is 3. The number of thioether (sulfide) groups is 1. The predicted molar refractivity (Wildman–Crippen MR) is 60.3 cm³/mol. The van der Waals surface area contributed by atoms with E-state index in [9.17, 15) is 13.2 Å². The van der Waals surface area contributed by atoms with Crippen LogP contribution in [-0.2, 0) is 12.7 Å². The average Bonchev–Trinajstić information content (AvgIpc) is 2.14. The van der Waals surface area contributed by atoms with Crippen molar-refractivity contribution < 1.29 is 13.2 Å². The van der Waals surface area contributed by atoms with Crippen molar-refractivity contribution in [3.05, 3.63) is 29.3 Å². The molecule has 0 aromatic heterocycles. The molecule has 0 amide bonds. The number of hydrogen-bond donors (Lipinski definition) is 1. The molecule has 0 radical (unpaired) electrons. The smallest absolute Gasteiger partial charge is 0.326 e. The Labute approximate surface area is 97.2 Å². The Balaban J connectivity index is 3.07. The second kappa shape index (κ2) is 5.10. The molecule has 90 valence electrons. The van der Waals surface area contributed by atoms with Crippen molar-refractivity contribution >= 4 is 11.8 Å². The lowest BCUT2D eigenvalue weighted by atomic mass is 10.1. The van der Waals surface area contributed by atoms with Gasteiger partial charge in [0.25, 0.3) is 0 Å². The molecule has 1 rings (SSSR count). The second-order valence-electron chi connectivity index (χ2n) is 3.69. The van der Waals surface area contributed by atoms with Gasteiger partial charge in [-0.3, -0.25) is 0 Å². The van der Waals surface area contributed by atoms with Crippen LogP contribution in [0.25, 0.3) is 0 Å². The standard InChI is InChI=1S/C11H14F3NS/c1-7(2)16-9-3-4-10(11(12,13)14)8(5-9)6-15/h3-5,7H,6,15H2,1-2H3. The molecule has 1 aromatic rings. The Morgan fingerprint density at radius 3 is 2.38 bits per heavy atom. The van der Waals surface area contributed by atoms with Crippen molar-refractivity contribution in [1.29, 1.82) is 0 Å². The van der Waals surface area contributed by atoms with Crippen LogP contribution in [0.1, 0.15) is 25.0 Å². The van der Waals surface area contributed by atoms with Crippen LogP contribution in [0.3, 0.4) is 0 Å². The monoisotopic (exact) mass is 249 g/mol. The Hall–Kier alpha value is -0.680. The lowest BCUT2D eigenvalue weighted by Crippen LogP contribution is -2.12. The first-order valence-electron chi connectivity index (χ1n) is 4.91. The topological polar surface area (TPSA) is 26.0 Å². The summed E-state index contributed by atoms with van der Waals surface area (Å²) >= 11 is 1.52. The van der Waals surface area contributed by atoms with Crippen molar-refractivity contribution in [1.82, 2.24) is 0 Å². The van der Waals surface area contributed by atoms with Crippen LogP contribution in [0.15, 0.2) is 23.1 Å². The molecule has 0 aliphatic heterocycles. The van der Waals surface area contributed by atoms with Crippen LogP contribution in [0.5, 0.6) is 0 Å². The summed E-state index contributed by atoms with van der Waals surface area (Å²) in [6, 6.07) is 4.12. The zero-order chi connectivity index (χ0) is 12.3. The quantitative estimate of drug-likeness (QED) is 0.827. The summed E-state index contributed by atoms with van der Waals surface area (Å²) in [6.07, 6.45) is -4.32. The fourth-order valence-corrected chi connectivity index (χ4v) is 2.26. The summed E-state index contributed by atoms with van der Waals surface area (Å²) in [7, 11) is 0. The van der Waals surface area contributed by atoms with Crippen LogP contribution in [-0.4, -0.2) is 5.25 Å². The molecule has 0 atom stereocenters. The Bertz CT molecular complexity index is 361. The molecular weight excluding hydrogens is 235 g/mol. The van der Waals surface area contributed by atoms with Crippen molar-refractivity contribution in [3.8, 4) is 0 Å². The van der Waals surface area contributed by atoms with E-state index in [1.54, 1.807) is 0 Å². The van der Waals surface area contributed by atoms with E-state index < -0.39 is 11.7 Å². The third kappa shape index (κ3) is 3.42. The first-order valence-corrected chi connectivity index (χ1v) is 5.79. The maximum Gasteiger partial charge on any atom is 0.416 e. The van der Waals surface area contributed by atoms with Gasteiger partial charge in [0.05, 0.1) is 5.56 Å². The molecule has 16 heavy (non-hydrogen) atoms. The first-order chi connectivity index (χ1) is 7.34. The Morgan fingerprint density at radius 1 is 1.31 bits per heavy atom. The fraction of sp³-hybridized carbons (Fsp3) is 0.455. The summed E-state index contributed by atoms with van der Waals surface area (Å²) in [6.45, 7) is 3.89. The maximum atomic E-state index is 12.6. The van der Waals surface area contributed by atoms with Crippen LogP contribution < -0.4 is 5.73 Å². The van der Waals surface area contributed by atoms with Crippen molar-refractivity contribution in [2.45, 2.75) is 36.7 Å². The minimum atomic E-state index is -4.32. The van der Waals surface area contributed by atoms with Gasteiger partial charge in [-0.25, -0.2) is 0 Å². The number of rotatable bonds is 3. The SMILES string of the molecule is CC(C)Sc1ccc(C(F)(F)F)c(CN)c1. The highest BCUT2D eigenvalue weighted by molar-refractivity contribution is 7.99. The van der Waals surface area contributed by atoms with Crippen molar-refractivity contribution in [3.63, 3.8) is 0 Å². The summed E-state index contributed by atoms with van der Waals surface area (Å²) < 4.78 is 37.7. The van der Waals surface area contributed by atoms with E-state index in [-0.39, 0.29) is 12.1 Å². The van der Waals surface area contributed by atoms with E-state index in [0.29, 0.717) is 5.25 Å². The average molecular weight is 249 g/mol. The lowest BCUT2D eigenvalue weighted by Gasteiger charge is -2.13. The van der Waals surface area contributed by atoms with Gasteiger partial charge in [0.15, 0.2) is 0 Å². The van der Waals surface area contributed by atoms with Gasteiger partial charge >= 0.3 is 6.18 Å². The van der Waals surface area contributed by atoms with E-state index in [2.05, 4.69) is 0 Å². The second-order valence-corrected chi connectivity index (χ2v) is 5.34. The summed E-state index contributed by atoms with van der Waals surface area (Å²) in [4.78, 5) is 0.823. The van der Waals surface area contributed by atoms with E-state index in [1.165, 1.54) is 23.9 Å². The Kier molecular flexibility index (Phi) is 4.27. The first kappa shape index (κ1) is 13.4. The van der Waals surface area contributed by atoms with Crippen LogP contribution in [0.2, 0.25) is 0 Å². The molecule has 0 spiro atoms. The zero-order valence-electron chi connectivity index (χ0n) is 9.14. The maximum absolute atomic E-state index is 12.6. The normalized spacial score (nSPS) is 12.2. The molecule has 1 aromatic carbocycles. The molecule has 0 unspecified atom stereocenters. The number of halogens is 3. The molecule has 0 heterocycles. The lowest BCUT2D eigenvalue weighted by molar-refractivity contribution is -0.138. The van der Waals surface area contributed by atoms with Gasteiger partial charge in [-0.05, 0) is 23.8 Å². The van der Waals surface area contributed by atoms with Gasteiger partial charge in [0.2, 0.25) is 0 Å². The highest BCUT2D eigenvalue weighted by atomic mass is 32.2. The Morgan fingerprint density at radius 2 is 1.94 bits per heavy atom. The highest BCUT2D eigenvalue weighted by Crippen LogP contribution is 2.34. The highest BCUT2D eigenvalue weighted by Gasteiger charge is 2.32. The molecule has 1 nitrogen and oxygen atoms in total. The van der Waals surface area contributed by atoms with Gasteiger partial charge in [0, 0.05) is 16.7 Å². The number of hydrogen-bond acceptors (Lipinski definition) is 2. The van der Waals surface area contributed by atoms with Gasteiger partial charge in [0.1, 0.15) is 0 Å². The van der Waals surface area contributed by atoms with Gasteiger partial charge in [-0.15, -0.1) is 11.8 Å². The van der Waals surface area contributed by atoms with Crippen molar-refractivity contribution in [2.24, 2.45) is 5.73 Å². The van der Waals surface area contributed by atoms with Gasteiger partial charge < -0.3 is 5.73 Å². The van der Waals surface area contributed by atoms with E-state index >= 15 is 0 Å². The van der Waals surface area contributed by atoms with Gasteiger partial charge in [-0.2, -0.15) is 13.2 Å². The molecule has 0 aliphatic carbocycles. The molecule has 0 saturated heterocycles. The minimum Gasteiger partial charge on any atom is -0.326 e. The number of nitrogens with two attached hydrogens (primary N) is 1. The minimum absolute atomic E-state index is 0.0959. The van der Waals surface area contributed by atoms with Crippen molar-refractivity contribution in [2.75, 3.05) is 0 Å². The van der Waals surface area contributed by atoms with Gasteiger partial charge in [-0.1, -0.05) is 13.8 Å². The zero-order valence-corrected chi connectivity index (χ0v) is 9.95. The van der Waals surface area contributed by atoms with E-state index in [1.807, 2.05) is 13.8 Å². The molecule has 5 heteroatoms. The van der Waals surface area contributed by atoms with Crippen LogP contribution in [0.4, 0.5) is 13.2 Å². The van der Waals surface area contributed by atoms with E-state index in [4.69, 9.17) is 5.73 Å². The third-order valence-electron chi connectivity index (χ3n) is 1.97. The molecule has 0 aliphatic rings. The summed E-state index contributed by atoms with van der Waals surface area (Å²) in [5, 5.41) is 0.336. The predicted octanol–water partition coefficient (Wildman–Crippen LogP) is 3.66. The molecule has 0 fully saturated rings. The third-order valence-corrected chi connectivity index (χ3v) is 2.97. The molecular formula is C11H14F3NS. The van der Waals surface area contributed by atoms with Crippen LogP contribution in [0, 0.1) is 0 Å². The summed E-state index contributed by atoms with van der Waals surface area (Å²) in [5.41, 5.74) is 4.85. The summed E-state index contributed by atoms with van der Waals surface area (Å²) in [5.74, 6) is 0.